The quantitative estimate of drug-likeness (QED) is 0.858. The van der Waals surface area contributed by atoms with Crippen molar-refractivity contribution in [3.8, 4) is 0 Å². The Morgan fingerprint density at radius 1 is 1.08 bits per heavy atom. The van der Waals surface area contributed by atoms with Crippen LogP contribution in [0.2, 0.25) is 0 Å². The highest BCUT2D eigenvalue weighted by atomic mass is 16.5. The molecule has 24 heavy (non-hydrogen) atoms. The van der Waals surface area contributed by atoms with Gasteiger partial charge in [-0.2, -0.15) is 0 Å². The second kappa shape index (κ2) is 7.97. The van der Waals surface area contributed by atoms with Crippen LogP contribution in [0, 0.1) is 5.92 Å². The summed E-state index contributed by atoms with van der Waals surface area (Å²) in [5.74, 6) is 0.533. The molecule has 0 unspecified atom stereocenters. The number of carbonyl (C=O) groups excluding carboxylic acids is 1. The van der Waals surface area contributed by atoms with Gasteiger partial charge in [0.15, 0.2) is 0 Å². The molecule has 1 aliphatic rings. The number of ether oxygens (including phenoxy) is 1. The second-order valence-electron chi connectivity index (χ2n) is 6.35. The van der Waals surface area contributed by atoms with E-state index in [-0.39, 0.29) is 5.91 Å². The molecule has 4 nitrogen and oxygen atoms in total. The van der Waals surface area contributed by atoms with Crippen LogP contribution in [-0.2, 0) is 11.3 Å². The zero-order valence-corrected chi connectivity index (χ0v) is 13.9. The van der Waals surface area contributed by atoms with Gasteiger partial charge in [-0.1, -0.05) is 36.4 Å². The molecule has 0 aliphatic carbocycles. The van der Waals surface area contributed by atoms with E-state index in [9.17, 15) is 4.79 Å². The Morgan fingerprint density at radius 2 is 1.83 bits per heavy atom. The van der Waals surface area contributed by atoms with E-state index in [1.54, 1.807) is 12.1 Å². The van der Waals surface area contributed by atoms with Crippen LogP contribution in [0.4, 0.5) is 5.69 Å². The minimum atomic E-state index is 0.0395. The molecule has 0 aromatic heterocycles. The maximum atomic E-state index is 13.0. The van der Waals surface area contributed by atoms with E-state index in [2.05, 4.69) is 12.1 Å². The van der Waals surface area contributed by atoms with E-state index in [4.69, 9.17) is 10.5 Å². The van der Waals surface area contributed by atoms with E-state index in [0.29, 0.717) is 23.7 Å². The molecule has 2 aromatic carbocycles. The predicted molar refractivity (Wildman–Crippen MR) is 95.6 cm³/mol. The third-order valence-corrected chi connectivity index (χ3v) is 4.46. The van der Waals surface area contributed by atoms with Gasteiger partial charge in [-0.15, -0.1) is 0 Å². The molecule has 2 aromatic rings. The average molecular weight is 324 g/mol. The SMILES string of the molecule is Nc1cccc(C(=O)N(Cc2ccccc2)CC2CCOCC2)c1. The fraction of sp³-hybridized carbons (Fsp3) is 0.350. The number of hydrogen-bond acceptors (Lipinski definition) is 3. The Bertz CT molecular complexity index is 666. The van der Waals surface area contributed by atoms with E-state index < -0.39 is 0 Å². The molecule has 0 bridgehead atoms. The van der Waals surface area contributed by atoms with Crippen molar-refractivity contribution in [2.24, 2.45) is 5.92 Å². The molecule has 0 saturated carbocycles. The van der Waals surface area contributed by atoms with Gasteiger partial charge >= 0.3 is 0 Å². The van der Waals surface area contributed by atoms with Gasteiger partial charge in [-0.3, -0.25) is 4.79 Å². The number of carbonyl (C=O) groups is 1. The van der Waals surface area contributed by atoms with E-state index in [0.717, 1.165) is 38.2 Å². The van der Waals surface area contributed by atoms with Gasteiger partial charge in [0.25, 0.3) is 5.91 Å². The van der Waals surface area contributed by atoms with E-state index in [1.165, 1.54) is 0 Å². The summed E-state index contributed by atoms with van der Waals surface area (Å²) in [5, 5.41) is 0. The number of amides is 1. The third-order valence-electron chi connectivity index (χ3n) is 4.46. The summed E-state index contributed by atoms with van der Waals surface area (Å²) in [7, 11) is 0. The molecule has 1 amide bonds. The van der Waals surface area contributed by atoms with Crippen molar-refractivity contribution in [3.63, 3.8) is 0 Å². The molecule has 1 heterocycles. The largest absolute Gasteiger partial charge is 0.399 e. The van der Waals surface area contributed by atoms with Gasteiger partial charge in [0.05, 0.1) is 0 Å². The molecule has 0 spiro atoms. The summed E-state index contributed by atoms with van der Waals surface area (Å²) in [5.41, 5.74) is 8.25. The highest BCUT2D eigenvalue weighted by molar-refractivity contribution is 5.95. The fourth-order valence-corrected chi connectivity index (χ4v) is 3.12. The molecule has 2 N–H and O–H groups in total. The van der Waals surface area contributed by atoms with Crippen LogP contribution in [-0.4, -0.2) is 30.6 Å². The fourth-order valence-electron chi connectivity index (χ4n) is 3.12. The maximum Gasteiger partial charge on any atom is 0.254 e. The standard InChI is InChI=1S/C20H24N2O2/c21-19-8-4-7-18(13-19)20(23)22(14-16-5-2-1-3-6-16)15-17-9-11-24-12-10-17/h1-8,13,17H,9-12,14-15,21H2. The normalized spacial score (nSPS) is 15.2. The van der Waals surface area contributed by atoms with Crippen LogP contribution in [0.5, 0.6) is 0 Å². The first kappa shape index (κ1) is 16.5. The van der Waals surface area contributed by atoms with Crippen molar-refractivity contribution in [1.29, 1.82) is 0 Å². The number of nitrogens with zero attached hydrogens (tertiary/aromatic N) is 1. The van der Waals surface area contributed by atoms with Gasteiger partial charge in [-0.25, -0.2) is 0 Å². The van der Waals surface area contributed by atoms with Gasteiger partial charge in [0, 0.05) is 37.6 Å². The molecule has 1 fully saturated rings. The smallest absolute Gasteiger partial charge is 0.254 e. The minimum absolute atomic E-state index is 0.0395. The van der Waals surface area contributed by atoms with Crippen molar-refractivity contribution in [2.45, 2.75) is 19.4 Å². The molecule has 0 atom stereocenters. The van der Waals surface area contributed by atoms with Crippen LogP contribution in [0.25, 0.3) is 0 Å². The summed E-state index contributed by atoms with van der Waals surface area (Å²) >= 11 is 0. The molecule has 1 saturated heterocycles. The Morgan fingerprint density at radius 3 is 2.54 bits per heavy atom. The lowest BCUT2D eigenvalue weighted by atomic mass is 9.99. The number of anilines is 1. The summed E-state index contributed by atoms with van der Waals surface area (Å²) in [6.45, 7) is 2.95. The number of rotatable bonds is 5. The molecular formula is C20H24N2O2. The Hall–Kier alpha value is -2.33. The highest BCUT2D eigenvalue weighted by Gasteiger charge is 2.22. The Balaban J connectivity index is 1.78. The predicted octanol–water partition coefficient (Wildman–Crippen LogP) is 3.34. The molecule has 1 aliphatic heterocycles. The first-order chi connectivity index (χ1) is 11.7. The highest BCUT2D eigenvalue weighted by Crippen LogP contribution is 2.20. The monoisotopic (exact) mass is 324 g/mol. The maximum absolute atomic E-state index is 13.0. The molecular weight excluding hydrogens is 300 g/mol. The van der Waals surface area contributed by atoms with Crippen LogP contribution in [0.3, 0.4) is 0 Å². The zero-order chi connectivity index (χ0) is 16.8. The molecule has 126 valence electrons. The number of nitrogens with two attached hydrogens (primary N) is 1. The van der Waals surface area contributed by atoms with Gasteiger partial charge in [0.2, 0.25) is 0 Å². The first-order valence-electron chi connectivity index (χ1n) is 8.49. The van der Waals surface area contributed by atoms with E-state index >= 15 is 0 Å². The van der Waals surface area contributed by atoms with Crippen molar-refractivity contribution < 1.29 is 9.53 Å². The summed E-state index contributed by atoms with van der Waals surface area (Å²) < 4.78 is 5.44. The average Bonchev–Trinajstić information content (AvgIpc) is 2.62. The first-order valence-corrected chi connectivity index (χ1v) is 8.49. The molecule has 3 rings (SSSR count). The van der Waals surface area contributed by atoms with Crippen molar-refractivity contribution in [3.05, 3.63) is 65.7 Å². The van der Waals surface area contributed by atoms with Crippen molar-refractivity contribution in [2.75, 3.05) is 25.5 Å². The van der Waals surface area contributed by atoms with E-state index in [1.807, 2.05) is 35.2 Å². The Labute approximate surface area is 143 Å². The number of benzene rings is 2. The minimum Gasteiger partial charge on any atom is -0.399 e. The second-order valence-corrected chi connectivity index (χ2v) is 6.35. The van der Waals surface area contributed by atoms with Crippen LogP contribution in [0.1, 0.15) is 28.8 Å². The molecule has 4 heteroatoms. The van der Waals surface area contributed by atoms with Crippen molar-refractivity contribution in [1.82, 2.24) is 4.90 Å². The molecule has 0 radical (unpaired) electrons. The van der Waals surface area contributed by atoms with Crippen LogP contribution in [0.15, 0.2) is 54.6 Å². The van der Waals surface area contributed by atoms with Crippen LogP contribution < -0.4 is 5.73 Å². The Kier molecular flexibility index (Phi) is 5.49. The topological polar surface area (TPSA) is 55.6 Å². The number of nitrogen functional groups attached to an aromatic ring is 1. The van der Waals surface area contributed by atoms with Crippen molar-refractivity contribution >= 4 is 11.6 Å². The summed E-state index contributed by atoms with van der Waals surface area (Å²) in [6, 6.07) is 17.3. The third kappa shape index (κ3) is 4.36. The van der Waals surface area contributed by atoms with Gasteiger partial charge in [-0.05, 0) is 42.5 Å². The van der Waals surface area contributed by atoms with Gasteiger partial charge < -0.3 is 15.4 Å². The number of hydrogen-bond donors (Lipinski definition) is 1. The van der Waals surface area contributed by atoms with Crippen LogP contribution >= 0.6 is 0 Å². The van der Waals surface area contributed by atoms with Gasteiger partial charge in [0.1, 0.15) is 0 Å². The zero-order valence-electron chi connectivity index (χ0n) is 13.9. The lowest BCUT2D eigenvalue weighted by Crippen LogP contribution is -2.36. The lowest BCUT2D eigenvalue weighted by molar-refractivity contribution is 0.0446. The summed E-state index contributed by atoms with van der Waals surface area (Å²) in [4.78, 5) is 15.0. The lowest BCUT2D eigenvalue weighted by Gasteiger charge is -2.30. The summed E-state index contributed by atoms with van der Waals surface area (Å²) in [6.07, 6.45) is 2.02.